The highest BCUT2D eigenvalue weighted by Crippen LogP contribution is 2.40. The number of halogens is 1. The Bertz CT molecular complexity index is 620. The molecular weight excluding hydrogens is 256 g/mol. The summed E-state index contributed by atoms with van der Waals surface area (Å²) in [6, 6.07) is 3.67. The number of fused-ring (bicyclic) bond motifs is 1. The summed E-state index contributed by atoms with van der Waals surface area (Å²) in [5.74, 6) is 0. The van der Waals surface area contributed by atoms with Crippen molar-refractivity contribution in [3.8, 4) is 0 Å². The molecule has 0 atom stereocenters. The summed E-state index contributed by atoms with van der Waals surface area (Å²) in [6.45, 7) is 7.82. The van der Waals surface area contributed by atoms with Crippen LogP contribution in [-0.4, -0.2) is 8.42 Å². The summed E-state index contributed by atoms with van der Waals surface area (Å²) in [4.78, 5) is 0.616. The van der Waals surface area contributed by atoms with Crippen LogP contribution in [0.25, 0.3) is 6.08 Å². The molecule has 1 aliphatic heterocycles. The number of sulfone groups is 1. The average molecular weight is 271 g/mol. The number of rotatable bonds is 0. The molecule has 0 saturated heterocycles. The highest BCUT2D eigenvalue weighted by atomic mass is 35.5. The molecule has 1 aromatic carbocycles. The van der Waals surface area contributed by atoms with Gasteiger partial charge in [0.15, 0.2) is 0 Å². The summed E-state index contributed by atoms with van der Waals surface area (Å²) in [5.41, 5.74) is 1.70. The van der Waals surface area contributed by atoms with Crippen molar-refractivity contribution < 1.29 is 8.42 Å². The Kier molecular flexibility index (Phi) is 2.68. The van der Waals surface area contributed by atoms with Crippen molar-refractivity contribution in [2.75, 3.05) is 0 Å². The van der Waals surface area contributed by atoms with Crippen LogP contribution in [0.2, 0.25) is 5.02 Å². The fourth-order valence-corrected chi connectivity index (χ4v) is 3.78. The molecule has 0 fully saturated rings. The van der Waals surface area contributed by atoms with Gasteiger partial charge in [-0.25, -0.2) is 8.42 Å². The van der Waals surface area contributed by atoms with E-state index in [-0.39, 0.29) is 10.3 Å². The molecule has 0 radical (unpaired) electrons. The molecule has 0 saturated carbocycles. The lowest BCUT2D eigenvalue weighted by molar-refractivity contribution is 0.588. The van der Waals surface area contributed by atoms with Gasteiger partial charge >= 0.3 is 0 Å². The minimum Gasteiger partial charge on any atom is -0.219 e. The first-order valence-corrected chi connectivity index (χ1v) is 7.27. The van der Waals surface area contributed by atoms with Gasteiger partial charge in [0, 0.05) is 4.91 Å². The topological polar surface area (TPSA) is 34.1 Å². The zero-order chi connectivity index (χ0) is 13.0. The van der Waals surface area contributed by atoms with E-state index in [0.29, 0.717) is 15.5 Å². The van der Waals surface area contributed by atoms with Gasteiger partial charge in [0.2, 0.25) is 9.84 Å². The van der Waals surface area contributed by atoms with Crippen LogP contribution in [0.3, 0.4) is 0 Å². The summed E-state index contributed by atoms with van der Waals surface area (Å²) in [5, 5.41) is 0.320. The maximum atomic E-state index is 12.0. The molecule has 1 aromatic rings. The summed E-state index contributed by atoms with van der Waals surface area (Å²) < 4.78 is 24.0. The predicted molar refractivity (Wildman–Crippen MR) is 71.0 cm³/mol. The molecule has 2 nitrogen and oxygen atoms in total. The molecule has 1 heterocycles. The maximum Gasteiger partial charge on any atom is 0.204 e. The summed E-state index contributed by atoms with van der Waals surface area (Å²) in [6.07, 6.45) is 1.69. The molecular formula is C13H15ClO2S. The number of allylic oxidation sites excluding steroid dienone is 1. The first-order chi connectivity index (χ1) is 7.64. The van der Waals surface area contributed by atoms with E-state index in [2.05, 4.69) is 20.8 Å². The van der Waals surface area contributed by atoms with Gasteiger partial charge in [0.25, 0.3) is 0 Å². The molecule has 92 valence electrons. The maximum absolute atomic E-state index is 12.0. The molecule has 0 aromatic heterocycles. The standard InChI is InChI=1S/C13H15ClO2S/c1-8-5-9-6-10(13(2,3)4)7-11(14)12(9)17(8,15)16/h5-7H,1-4H3. The zero-order valence-electron chi connectivity index (χ0n) is 10.3. The summed E-state index contributed by atoms with van der Waals surface area (Å²) in [7, 11) is -3.35. The normalized spacial score (nSPS) is 17.8. The fraction of sp³-hybridized carbons (Fsp3) is 0.385. The molecule has 0 unspecified atom stereocenters. The Labute approximate surface area is 107 Å². The average Bonchev–Trinajstić information content (AvgIpc) is 2.36. The van der Waals surface area contributed by atoms with Crippen LogP contribution < -0.4 is 0 Å². The van der Waals surface area contributed by atoms with Crippen molar-refractivity contribution in [2.45, 2.75) is 38.0 Å². The molecule has 0 bridgehead atoms. The van der Waals surface area contributed by atoms with Crippen molar-refractivity contribution >= 4 is 27.5 Å². The van der Waals surface area contributed by atoms with Gasteiger partial charge < -0.3 is 0 Å². The third kappa shape index (κ3) is 1.91. The van der Waals surface area contributed by atoms with Crippen LogP contribution in [0.5, 0.6) is 0 Å². The van der Waals surface area contributed by atoms with E-state index in [1.807, 2.05) is 6.07 Å². The lowest BCUT2D eigenvalue weighted by Gasteiger charge is -2.20. The van der Waals surface area contributed by atoms with Crippen LogP contribution in [0, 0.1) is 0 Å². The van der Waals surface area contributed by atoms with E-state index >= 15 is 0 Å². The van der Waals surface area contributed by atoms with Gasteiger partial charge in [0.05, 0.1) is 9.92 Å². The Balaban J connectivity index is 2.76. The molecule has 1 aliphatic rings. The molecule has 4 heteroatoms. The van der Waals surface area contributed by atoms with Crippen molar-refractivity contribution in [3.05, 3.63) is 33.2 Å². The second-order valence-electron chi connectivity index (χ2n) is 5.38. The second-order valence-corrected chi connectivity index (χ2v) is 7.85. The van der Waals surface area contributed by atoms with Gasteiger partial charge in [-0.1, -0.05) is 32.4 Å². The lowest BCUT2D eigenvalue weighted by Crippen LogP contribution is -2.12. The Hall–Kier alpha value is -0.800. The molecule has 2 rings (SSSR count). The van der Waals surface area contributed by atoms with E-state index in [0.717, 1.165) is 5.56 Å². The van der Waals surface area contributed by atoms with E-state index in [9.17, 15) is 8.42 Å². The van der Waals surface area contributed by atoms with E-state index < -0.39 is 9.84 Å². The molecule has 17 heavy (non-hydrogen) atoms. The number of hydrogen-bond donors (Lipinski definition) is 0. The van der Waals surface area contributed by atoms with Crippen LogP contribution in [-0.2, 0) is 15.3 Å². The van der Waals surface area contributed by atoms with Crippen molar-refractivity contribution in [1.82, 2.24) is 0 Å². The zero-order valence-corrected chi connectivity index (χ0v) is 11.9. The van der Waals surface area contributed by atoms with Crippen molar-refractivity contribution in [1.29, 1.82) is 0 Å². The predicted octanol–water partition coefficient (Wildman–Crippen LogP) is 3.79. The largest absolute Gasteiger partial charge is 0.219 e. The summed E-state index contributed by atoms with van der Waals surface area (Å²) >= 11 is 6.12. The molecule has 0 N–H and O–H groups in total. The minimum atomic E-state index is -3.35. The van der Waals surface area contributed by atoms with E-state index in [4.69, 9.17) is 11.6 Å². The van der Waals surface area contributed by atoms with Gasteiger partial charge in [-0.3, -0.25) is 0 Å². The molecule has 0 aliphatic carbocycles. The highest BCUT2D eigenvalue weighted by Gasteiger charge is 2.31. The first kappa shape index (κ1) is 12.7. The monoisotopic (exact) mass is 270 g/mol. The van der Waals surface area contributed by atoms with E-state index in [1.165, 1.54) is 0 Å². The number of benzene rings is 1. The van der Waals surface area contributed by atoms with Gasteiger partial charge in [-0.15, -0.1) is 0 Å². The molecule has 0 spiro atoms. The van der Waals surface area contributed by atoms with E-state index in [1.54, 1.807) is 19.1 Å². The third-order valence-corrected chi connectivity index (χ3v) is 5.36. The lowest BCUT2D eigenvalue weighted by atomic mass is 9.86. The van der Waals surface area contributed by atoms with Gasteiger partial charge in [0.1, 0.15) is 0 Å². The quantitative estimate of drug-likeness (QED) is 0.719. The second kappa shape index (κ2) is 3.59. The Morgan fingerprint density at radius 3 is 2.29 bits per heavy atom. The van der Waals surface area contributed by atoms with Crippen molar-refractivity contribution in [2.24, 2.45) is 0 Å². The number of hydrogen-bond acceptors (Lipinski definition) is 2. The Morgan fingerprint density at radius 1 is 1.18 bits per heavy atom. The third-order valence-electron chi connectivity index (χ3n) is 2.99. The highest BCUT2D eigenvalue weighted by molar-refractivity contribution is 7.95. The van der Waals surface area contributed by atoms with Crippen LogP contribution >= 0.6 is 11.6 Å². The van der Waals surface area contributed by atoms with Crippen LogP contribution in [0.15, 0.2) is 21.9 Å². The smallest absolute Gasteiger partial charge is 0.204 e. The minimum absolute atomic E-state index is 0.0488. The molecule has 0 amide bonds. The van der Waals surface area contributed by atoms with Crippen LogP contribution in [0.1, 0.15) is 38.8 Å². The SMILES string of the molecule is CC1=Cc2cc(C(C)(C)C)cc(Cl)c2S1(=O)=O. The van der Waals surface area contributed by atoms with Gasteiger partial charge in [-0.2, -0.15) is 0 Å². The van der Waals surface area contributed by atoms with Crippen molar-refractivity contribution in [3.63, 3.8) is 0 Å². The van der Waals surface area contributed by atoms with Crippen LogP contribution in [0.4, 0.5) is 0 Å². The fourth-order valence-electron chi connectivity index (χ4n) is 1.90. The Morgan fingerprint density at radius 2 is 1.76 bits per heavy atom. The first-order valence-electron chi connectivity index (χ1n) is 5.41. The van der Waals surface area contributed by atoms with Gasteiger partial charge in [-0.05, 0) is 41.7 Å².